The van der Waals surface area contributed by atoms with Crippen molar-refractivity contribution in [2.24, 2.45) is 5.92 Å². The first-order valence-electron chi connectivity index (χ1n) is 5.98. The van der Waals surface area contributed by atoms with Crippen LogP contribution >= 0.6 is 0 Å². The molecule has 0 spiro atoms. The number of Topliss-reactive ketones (excluding diaryl/α,β-unsaturated/α-hetero) is 2. The molecule has 0 saturated heterocycles. The van der Waals surface area contributed by atoms with Crippen molar-refractivity contribution in [1.82, 2.24) is 0 Å². The second-order valence-electron chi connectivity index (χ2n) is 4.49. The molecule has 1 rings (SSSR count). The van der Waals surface area contributed by atoms with Crippen molar-refractivity contribution in [3.05, 3.63) is 0 Å². The molecule has 0 heterocycles. The van der Waals surface area contributed by atoms with Gasteiger partial charge >= 0.3 is 5.97 Å². The third kappa shape index (κ3) is 4.26. The van der Waals surface area contributed by atoms with Gasteiger partial charge in [-0.3, -0.25) is 14.4 Å². The van der Waals surface area contributed by atoms with Crippen LogP contribution in [-0.2, 0) is 14.4 Å². The van der Waals surface area contributed by atoms with Gasteiger partial charge in [-0.2, -0.15) is 0 Å². The summed E-state index contributed by atoms with van der Waals surface area (Å²) in [5.41, 5.74) is 0. The topological polar surface area (TPSA) is 91.7 Å². The molecule has 5 heteroatoms. The van der Waals surface area contributed by atoms with E-state index in [1.807, 2.05) is 0 Å². The number of aliphatic carboxylic acids is 1. The Morgan fingerprint density at radius 2 is 1.82 bits per heavy atom. The lowest BCUT2D eigenvalue weighted by Gasteiger charge is -2.06. The van der Waals surface area contributed by atoms with Crippen LogP contribution < -0.4 is 0 Å². The maximum Gasteiger partial charge on any atom is 0.303 e. The maximum absolute atomic E-state index is 11.4. The zero-order chi connectivity index (χ0) is 12.8. The average molecular weight is 242 g/mol. The number of carbonyl (C=O) groups is 3. The number of unbranched alkanes of at least 4 members (excludes halogenated alkanes) is 3. The van der Waals surface area contributed by atoms with Gasteiger partial charge in [0.2, 0.25) is 0 Å². The molecule has 0 bridgehead atoms. The van der Waals surface area contributed by atoms with Gasteiger partial charge in [0.25, 0.3) is 0 Å². The number of aliphatic hydroxyl groups excluding tert-OH is 1. The summed E-state index contributed by atoms with van der Waals surface area (Å²) in [5, 5.41) is 17.6. The van der Waals surface area contributed by atoms with Gasteiger partial charge in [0.15, 0.2) is 5.78 Å². The summed E-state index contributed by atoms with van der Waals surface area (Å²) in [6.07, 6.45) is 2.49. The summed E-state index contributed by atoms with van der Waals surface area (Å²) in [6, 6.07) is 0. The molecule has 96 valence electrons. The van der Waals surface area contributed by atoms with Gasteiger partial charge in [0, 0.05) is 12.8 Å². The summed E-state index contributed by atoms with van der Waals surface area (Å²) in [6.45, 7) is 0. The Labute approximate surface area is 99.8 Å². The van der Waals surface area contributed by atoms with E-state index in [4.69, 9.17) is 5.11 Å². The van der Waals surface area contributed by atoms with Gasteiger partial charge < -0.3 is 10.2 Å². The molecule has 0 radical (unpaired) electrons. The van der Waals surface area contributed by atoms with Gasteiger partial charge in [0.05, 0.1) is 5.92 Å². The van der Waals surface area contributed by atoms with Crippen molar-refractivity contribution in [3.8, 4) is 0 Å². The highest BCUT2D eigenvalue weighted by Crippen LogP contribution is 2.23. The standard InChI is InChI=1S/C12H18O5/c13-9-7-10(14)12(17)8(9)5-3-1-2-4-6-11(15)16/h8,10,14H,1-7H2,(H,15,16)/t8-,10-/m0/s1. The van der Waals surface area contributed by atoms with Crippen LogP contribution in [0.1, 0.15) is 44.9 Å². The van der Waals surface area contributed by atoms with Crippen LogP contribution in [-0.4, -0.2) is 33.9 Å². The Balaban J connectivity index is 2.12. The molecule has 2 N–H and O–H groups in total. The van der Waals surface area contributed by atoms with E-state index in [1.165, 1.54) is 0 Å². The largest absolute Gasteiger partial charge is 0.481 e. The second-order valence-corrected chi connectivity index (χ2v) is 4.49. The van der Waals surface area contributed by atoms with Crippen LogP contribution in [0.4, 0.5) is 0 Å². The first-order valence-corrected chi connectivity index (χ1v) is 5.98. The van der Waals surface area contributed by atoms with E-state index in [9.17, 15) is 19.5 Å². The monoisotopic (exact) mass is 242 g/mol. The molecule has 17 heavy (non-hydrogen) atoms. The minimum Gasteiger partial charge on any atom is -0.481 e. The fourth-order valence-electron chi connectivity index (χ4n) is 2.11. The number of hydrogen-bond acceptors (Lipinski definition) is 4. The summed E-state index contributed by atoms with van der Waals surface area (Å²) >= 11 is 0. The Morgan fingerprint density at radius 3 is 2.35 bits per heavy atom. The second kappa shape index (κ2) is 6.49. The summed E-state index contributed by atoms with van der Waals surface area (Å²) in [7, 11) is 0. The number of ketones is 2. The number of carboxylic acids is 1. The van der Waals surface area contributed by atoms with Crippen molar-refractivity contribution in [3.63, 3.8) is 0 Å². The van der Waals surface area contributed by atoms with E-state index >= 15 is 0 Å². The molecule has 0 unspecified atom stereocenters. The highest BCUT2D eigenvalue weighted by Gasteiger charge is 2.39. The van der Waals surface area contributed by atoms with E-state index in [1.54, 1.807) is 0 Å². The number of rotatable bonds is 7. The minimum atomic E-state index is -1.10. The average Bonchev–Trinajstić information content (AvgIpc) is 2.48. The van der Waals surface area contributed by atoms with Crippen molar-refractivity contribution in [2.75, 3.05) is 0 Å². The molecular weight excluding hydrogens is 224 g/mol. The van der Waals surface area contributed by atoms with Crippen LogP contribution in [0.3, 0.4) is 0 Å². The van der Waals surface area contributed by atoms with Crippen molar-refractivity contribution in [1.29, 1.82) is 0 Å². The number of aliphatic hydroxyl groups is 1. The maximum atomic E-state index is 11.4. The Kier molecular flexibility index (Phi) is 5.28. The van der Waals surface area contributed by atoms with Crippen LogP contribution in [0.5, 0.6) is 0 Å². The highest BCUT2D eigenvalue weighted by atomic mass is 16.4. The molecule has 1 saturated carbocycles. The molecule has 0 aromatic heterocycles. The zero-order valence-electron chi connectivity index (χ0n) is 9.72. The Hall–Kier alpha value is -1.23. The molecule has 2 atom stereocenters. The predicted molar refractivity (Wildman–Crippen MR) is 59.5 cm³/mol. The molecule has 0 amide bonds. The van der Waals surface area contributed by atoms with E-state index in [-0.39, 0.29) is 24.4 Å². The third-order valence-corrected chi connectivity index (χ3v) is 3.09. The van der Waals surface area contributed by atoms with Gasteiger partial charge in [-0.15, -0.1) is 0 Å². The fraction of sp³-hybridized carbons (Fsp3) is 0.750. The van der Waals surface area contributed by atoms with E-state index in [2.05, 4.69) is 0 Å². The lowest BCUT2D eigenvalue weighted by molar-refractivity contribution is -0.137. The van der Waals surface area contributed by atoms with Gasteiger partial charge in [-0.25, -0.2) is 0 Å². The van der Waals surface area contributed by atoms with Crippen LogP contribution in [0, 0.1) is 5.92 Å². The molecule has 0 aromatic rings. The SMILES string of the molecule is O=C(O)CCCCCC[C@H]1C(=O)C[C@H](O)C1=O. The Morgan fingerprint density at radius 1 is 1.18 bits per heavy atom. The number of hydrogen-bond donors (Lipinski definition) is 2. The summed E-state index contributed by atoms with van der Waals surface area (Å²) in [5.74, 6) is -1.92. The molecule has 1 aliphatic carbocycles. The van der Waals surface area contributed by atoms with Crippen LogP contribution in [0.15, 0.2) is 0 Å². The molecule has 0 aliphatic heterocycles. The number of carboxylic acid groups (broad SMARTS) is 1. The van der Waals surface area contributed by atoms with Crippen molar-refractivity contribution in [2.45, 2.75) is 51.0 Å². The fourth-order valence-corrected chi connectivity index (χ4v) is 2.11. The number of carbonyl (C=O) groups excluding carboxylic acids is 2. The third-order valence-electron chi connectivity index (χ3n) is 3.09. The molecule has 0 aromatic carbocycles. The first-order chi connectivity index (χ1) is 8.02. The van der Waals surface area contributed by atoms with Crippen molar-refractivity contribution >= 4 is 17.5 Å². The smallest absolute Gasteiger partial charge is 0.303 e. The summed E-state index contributed by atoms with van der Waals surface area (Å²) in [4.78, 5) is 33.0. The lowest BCUT2D eigenvalue weighted by Crippen LogP contribution is -2.19. The normalized spacial score (nSPS) is 24.3. The predicted octanol–water partition coefficient (Wildman–Crippen LogP) is 0.931. The van der Waals surface area contributed by atoms with E-state index in [0.717, 1.165) is 19.3 Å². The minimum absolute atomic E-state index is 0.0392. The van der Waals surface area contributed by atoms with Gasteiger partial charge in [0.1, 0.15) is 11.9 Å². The van der Waals surface area contributed by atoms with E-state index in [0.29, 0.717) is 12.8 Å². The first kappa shape index (κ1) is 13.8. The highest BCUT2D eigenvalue weighted by molar-refractivity contribution is 6.11. The van der Waals surface area contributed by atoms with Gasteiger partial charge in [-0.1, -0.05) is 19.3 Å². The lowest BCUT2D eigenvalue weighted by atomic mass is 9.97. The molecule has 1 aliphatic rings. The summed E-state index contributed by atoms with van der Waals surface area (Å²) < 4.78 is 0. The van der Waals surface area contributed by atoms with Crippen LogP contribution in [0.2, 0.25) is 0 Å². The quantitative estimate of drug-likeness (QED) is 0.512. The van der Waals surface area contributed by atoms with Gasteiger partial charge in [-0.05, 0) is 12.8 Å². The molecular formula is C12H18O5. The van der Waals surface area contributed by atoms with E-state index < -0.39 is 18.0 Å². The molecule has 5 nitrogen and oxygen atoms in total. The Bertz CT molecular complexity index is 310. The van der Waals surface area contributed by atoms with Crippen LogP contribution in [0.25, 0.3) is 0 Å². The van der Waals surface area contributed by atoms with Crippen molar-refractivity contribution < 1.29 is 24.6 Å². The molecule has 1 fully saturated rings. The zero-order valence-corrected chi connectivity index (χ0v) is 9.72.